The van der Waals surface area contributed by atoms with Crippen molar-refractivity contribution in [3.63, 3.8) is 0 Å². The van der Waals surface area contributed by atoms with Gasteiger partial charge in [-0.15, -0.1) is 0 Å². The van der Waals surface area contributed by atoms with Crippen molar-refractivity contribution in [2.24, 2.45) is 28.6 Å². The summed E-state index contributed by atoms with van der Waals surface area (Å²) in [7, 11) is 0. The van der Waals surface area contributed by atoms with Gasteiger partial charge in [0.2, 0.25) is 0 Å². The number of carbonyl (C=O) groups excluding carboxylic acids is 2. The van der Waals surface area contributed by atoms with Crippen LogP contribution in [0.5, 0.6) is 0 Å². The predicted octanol–water partition coefficient (Wildman–Crippen LogP) is 4.93. The average Bonchev–Trinajstić information content (AvgIpc) is 3.10. The minimum absolute atomic E-state index is 0.111. The smallest absolute Gasteiger partial charge is 0.255 e. The largest absolute Gasteiger partial charge is 0.348 e. The molecule has 1 aliphatic heterocycles. The fourth-order valence-corrected chi connectivity index (χ4v) is 7.35. The Bertz CT molecular complexity index is 843. The van der Waals surface area contributed by atoms with Gasteiger partial charge < -0.3 is 5.32 Å². The Morgan fingerprint density at radius 2 is 1.79 bits per heavy atom. The Labute approximate surface area is 168 Å². The molecule has 0 spiro atoms. The number of rotatable bonds is 2. The van der Waals surface area contributed by atoms with Crippen molar-refractivity contribution in [3.05, 3.63) is 47.5 Å². The zero-order valence-electron chi connectivity index (χ0n) is 17.0. The van der Waals surface area contributed by atoms with Crippen LogP contribution in [0.4, 0.5) is 0 Å². The lowest BCUT2D eigenvalue weighted by atomic mass is 9.48. The molecule has 1 N–H and O–H groups in total. The standard InChI is InChI=1S/C25H31NO2/c1-24-13-6-9-19(24)17-10-11-21-25(2,20(17)12-14-24)15-18(23(28)26-21)22(27)16-7-4-3-5-8-16/h3-5,7-8,15,17,19-21H,6,9-14H2,1-2H3,(H,26,28)/t17-,19-,20+,21?,24-,25+/m0/s1. The maximum absolute atomic E-state index is 13.1. The van der Waals surface area contributed by atoms with Crippen LogP contribution in [0.25, 0.3) is 0 Å². The van der Waals surface area contributed by atoms with E-state index in [1.165, 1.54) is 38.5 Å². The first-order valence-corrected chi connectivity index (χ1v) is 11.1. The van der Waals surface area contributed by atoms with E-state index in [1.807, 2.05) is 18.2 Å². The first-order valence-electron chi connectivity index (χ1n) is 11.1. The normalized spacial score (nSPS) is 41.9. The highest BCUT2D eigenvalue weighted by atomic mass is 16.2. The third kappa shape index (κ3) is 2.54. The van der Waals surface area contributed by atoms with E-state index in [0.29, 0.717) is 22.5 Å². The van der Waals surface area contributed by atoms with Gasteiger partial charge in [-0.3, -0.25) is 9.59 Å². The minimum atomic E-state index is -0.184. The molecule has 1 aromatic carbocycles. The summed E-state index contributed by atoms with van der Waals surface area (Å²) < 4.78 is 0. The molecular weight excluding hydrogens is 346 g/mol. The Balaban J connectivity index is 1.52. The van der Waals surface area contributed by atoms with Crippen LogP contribution >= 0.6 is 0 Å². The Hall–Kier alpha value is -1.90. The van der Waals surface area contributed by atoms with Crippen LogP contribution in [0.1, 0.15) is 69.2 Å². The van der Waals surface area contributed by atoms with Crippen molar-refractivity contribution in [1.29, 1.82) is 0 Å². The van der Waals surface area contributed by atoms with E-state index < -0.39 is 0 Å². The lowest BCUT2D eigenvalue weighted by molar-refractivity contribution is -0.122. The van der Waals surface area contributed by atoms with Gasteiger partial charge >= 0.3 is 0 Å². The van der Waals surface area contributed by atoms with Gasteiger partial charge in [-0.2, -0.15) is 0 Å². The molecule has 6 atom stereocenters. The predicted molar refractivity (Wildman–Crippen MR) is 110 cm³/mol. The second-order valence-electron chi connectivity index (χ2n) is 10.2. The zero-order valence-corrected chi connectivity index (χ0v) is 17.0. The molecular formula is C25H31NO2. The van der Waals surface area contributed by atoms with E-state index in [1.54, 1.807) is 12.1 Å². The first-order chi connectivity index (χ1) is 13.4. The Morgan fingerprint density at radius 1 is 1.00 bits per heavy atom. The van der Waals surface area contributed by atoms with Gasteiger partial charge in [0.1, 0.15) is 0 Å². The van der Waals surface area contributed by atoms with Crippen LogP contribution in [-0.2, 0) is 4.79 Å². The number of nitrogens with one attached hydrogen (secondary N) is 1. The van der Waals surface area contributed by atoms with Crippen molar-refractivity contribution >= 4 is 11.7 Å². The maximum Gasteiger partial charge on any atom is 0.255 e. The number of ketones is 1. The quantitative estimate of drug-likeness (QED) is 0.587. The van der Waals surface area contributed by atoms with E-state index in [2.05, 4.69) is 25.2 Å². The van der Waals surface area contributed by atoms with E-state index in [0.717, 1.165) is 18.3 Å². The molecule has 28 heavy (non-hydrogen) atoms. The van der Waals surface area contributed by atoms with Gasteiger partial charge in [0.15, 0.2) is 5.78 Å². The summed E-state index contributed by atoms with van der Waals surface area (Å²) in [5, 5.41) is 3.23. The van der Waals surface area contributed by atoms with Gasteiger partial charge in [0.25, 0.3) is 5.91 Å². The molecule has 3 saturated carbocycles. The first kappa shape index (κ1) is 18.1. The van der Waals surface area contributed by atoms with Crippen molar-refractivity contribution in [2.75, 3.05) is 0 Å². The molecule has 3 aliphatic carbocycles. The summed E-state index contributed by atoms with van der Waals surface area (Å²) in [6.45, 7) is 4.82. The van der Waals surface area contributed by atoms with Gasteiger partial charge in [-0.05, 0) is 61.7 Å². The zero-order chi connectivity index (χ0) is 19.5. The fraction of sp³-hybridized carbons (Fsp3) is 0.600. The summed E-state index contributed by atoms with van der Waals surface area (Å²) in [5.74, 6) is 1.81. The van der Waals surface area contributed by atoms with E-state index >= 15 is 0 Å². The van der Waals surface area contributed by atoms with Crippen LogP contribution in [0, 0.1) is 28.6 Å². The van der Waals surface area contributed by atoms with Crippen molar-refractivity contribution in [3.8, 4) is 0 Å². The summed E-state index contributed by atoms with van der Waals surface area (Å²) in [6, 6.07) is 9.39. The summed E-state index contributed by atoms with van der Waals surface area (Å²) in [6.07, 6.45) is 11.0. The van der Waals surface area contributed by atoms with E-state index in [-0.39, 0.29) is 23.1 Å². The van der Waals surface area contributed by atoms with Crippen LogP contribution in [0.2, 0.25) is 0 Å². The number of amides is 1. The molecule has 1 heterocycles. The number of benzene rings is 1. The van der Waals surface area contributed by atoms with Crippen LogP contribution in [0.3, 0.4) is 0 Å². The lowest BCUT2D eigenvalue weighted by Crippen LogP contribution is -2.60. The summed E-state index contributed by atoms with van der Waals surface area (Å²) in [4.78, 5) is 25.9. The topological polar surface area (TPSA) is 46.2 Å². The number of Topliss-reactive ketones (excluding diaryl/α,β-unsaturated/α-hetero) is 1. The van der Waals surface area contributed by atoms with Crippen LogP contribution in [0.15, 0.2) is 42.0 Å². The highest BCUT2D eigenvalue weighted by Crippen LogP contribution is 2.63. The molecule has 0 aromatic heterocycles. The number of fused-ring (bicyclic) bond motifs is 5. The monoisotopic (exact) mass is 377 g/mol. The number of hydrogen-bond acceptors (Lipinski definition) is 2. The average molecular weight is 378 g/mol. The van der Waals surface area contributed by atoms with Crippen LogP contribution in [-0.4, -0.2) is 17.7 Å². The van der Waals surface area contributed by atoms with Crippen molar-refractivity contribution in [2.45, 2.75) is 64.8 Å². The van der Waals surface area contributed by atoms with Crippen LogP contribution < -0.4 is 5.32 Å². The number of carbonyl (C=O) groups is 2. The highest BCUT2D eigenvalue weighted by molar-refractivity contribution is 6.26. The van der Waals surface area contributed by atoms with Crippen molar-refractivity contribution in [1.82, 2.24) is 5.32 Å². The second-order valence-corrected chi connectivity index (χ2v) is 10.2. The molecule has 3 nitrogen and oxygen atoms in total. The molecule has 148 valence electrons. The molecule has 0 bridgehead atoms. The fourth-order valence-electron chi connectivity index (χ4n) is 7.35. The van der Waals surface area contributed by atoms with Gasteiger partial charge in [-0.25, -0.2) is 0 Å². The third-order valence-corrected chi connectivity index (χ3v) is 8.84. The maximum atomic E-state index is 13.1. The molecule has 1 amide bonds. The molecule has 1 aromatic rings. The Morgan fingerprint density at radius 3 is 2.57 bits per heavy atom. The molecule has 4 aliphatic rings. The lowest BCUT2D eigenvalue weighted by Gasteiger charge is -2.58. The summed E-state index contributed by atoms with van der Waals surface area (Å²) in [5.41, 5.74) is 1.37. The minimum Gasteiger partial charge on any atom is -0.348 e. The molecule has 1 unspecified atom stereocenters. The molecule has 3 heteroatoms. The van der Waals surface area contributed by atoms with E-state index in [4.69, 9.17) is 0 Å². The second kappa shape index (κ2) is 6.30. The molecule has 0 radical (unpaired) electrons. The molecule has 5 rings (SSSR count). The summed E-state index contributed by atoms with van der Waals surface area (Å²) >= 11 is 0. The Kier molecular flexibility index (Phi) is 4.08. The van der Waals surface area contributed by atoms with E-state index in [9.17, 15) is 9.59 Å². The molecule has 3 fully saturated rings. The third-order valence-electron chi connectivity index (χ3n) is 8.84. The van der Waals surface area contributed by atoms with Gasteiger partial charge in [-0.1, -0.05) is 56.7 Å². The highest BCUT2D eigenvalue weighted by Gasteiger charge is 2.58. The van der Waals surface area contributed by atoms with Gasteiger partial charge in [0.05, 0.1) is 5.57 Å². The van der Waals surface area contributed by atoms with Gasteiger partial charge in [0, 0.05) is 17.0 Å². The molecule has 0 saturated heterocycles. The van der Waals surface area contributed by atoms with Crippen molar-refractivity contribution < 1.29 is 9.59 Å². The SMILES string of the molecule is C[C@@]12CCC[C@H]1[C@@H]1CCC3NC(=O)C(C(=O)c4ccccc4)=C[C@]3(C)[C@@H]1CC2. The number of hydrogen-bond donors (Lipinski definition) is 1.